The highest BCUT2D eigenvalue weighted by molar-refractivity contribution is 7.75. The molecule has 216 valence electrons. The fraction of sp³-hybridized carbons (Fsp3) is 0. The van der Waals surface area contributed by atoms with Crippen LogP contribution in [0.2, 0.25) is 0 Å². The normalized spacial score (nSPS) is 13.3. The van der Waals surface area contributed by atoms with Crippen LogP contribution in [-0.4, -0.2) is 17.5 Å². The van der Waals surface area contributed by atoms with Crippen LogP contribution in [0.1, 0.15) is 0 Å². The Morgan fingerprint density at radius 2 is 1.30 bits per heavy atom. The monoisotopic (exact) mass is 606 g/mol. The molecule has 0 bridgehead atoms. The van der Waals surface area contributed by atoms with Crippen LogP contribution in [0.15, 0.2) is 158 Å². The smallest absolute Gasteiger partial charge is 0.304 e. The highest BCUT2D eigenvalue weighted by Gasteiger charge is 2.37. The molecule has 8 rings (SSSR count). The van der Waals surface area contributed by atoms with E-state index in [0.717, 1.165) is 72.2 Å². The maximum absolute atomic E-state index is 10.4. The molecule has 0 amide bonds. The third-order valence-corrected chi connectivity index (χ3v) is 10.8. The van der Waals surface area contributed by atoms with Crippen molar-refractivity contribution in [2.75, 3.05) is 4.67 Å². The number of anilines is 2. The molecule has 1 atom stereocenters. The second-order valence-corrected chi connectivity index (χ2v) is 13.1. The van der Waals surface area contributed by atoms with Gasteiger partial charge in [-0.2, -0.15) is 0 Å². The number of para-hydroxylation sites is 2. The Bertz CT molecular complexity index is 2140. The molecule has 7 aromatic rings. The zero-order chi connectivity index (χ0) is 30.9. The molecule has 46 heavy (non-hydrogen) atoms. The van der Waals surface area contributed by atoms with Gasteiger partial charge < -0.3 is 9.69 Å². The van der Waals surface area contributed by atoms with Gasteiger partial charge in [-0.05, 0) is 64.7 Å². The largest absolute Gasteiger partial charge is 0.449 e. The average molecular weight is 606 g/mol. The van der Waals surface area contributed by atoms with Crippen molar-refractivity contribution in [3.8, 4) is 44.6 Å². The predicted molar refractivity (Wildman–Crippen MR) is 194 cm³/mol. The summed E-state index contributed by atoms with van der Waals surface area (Å²) < 4.78 is 2.47. The minimum atomic E-state index is -1.30. The van der Waals surface area contributed by atoms with E-state index in [9.17, 15) is 5.02 Å². The first-order valence-electron chi connectivity index (χ1n) is 15.3. The molecule has 0 fully saturated rings. The maximum Gasteiger partial charge on any atom is 0.304 e. The number of pyridine rings is 1. The molecule has 5 heteroatoms. The zero-order valence-electron chi connectivity index (χ0n) is 25.0. The van der Waals surface area contributed by atoms with Crippen molar-refractivity contribution < 1.29 is 5.02 Å². The second kappa shape index (κ2) is 12.1. The highest BCUT2D eigenvalue weighted by Crippen LogP contribution is 2.57. The number of hydrogen-bond donors (Lipinski definition) is 1. The third kappa shape index (κ3) is 4.97. The molecule has 0 spiro atoms. The van der Waals surface area contributed by atoms with E-state index in [2.05, 4.69) is 150 Å². The van der Waals surface area contributed by atoms with Crippen molar-refractivity contribution in [2.24, 2.45) is 0 Å². The Morgan fingerprint density at radius 1 is 0.609 bits per heavy atom. The Hall–Kier alpha value is -5.46. The lowest BCUT2D eigenvalue weighted by Crippen LogP contribution is -2.34. The Balaban J connectivity index is 1.53. The quantitative estimate of drug-likeness (QED) is 0.155. The number of benzene rings is 5. The number of nitrogens with zero attached hydrogens (tertiary/aromatic N) is 2. The fourth-order valence-electron chi connectivity index (χ4n) is 6.29. The highest BCUT2D eigenvalue weighted by atomic mass is 31.1. The van der Waals surface area contributed by atoms with Crippen molar-refractivity contribution in [3.63, 3.8) is 0 Å². The van der Waals surface area contributed by atoms with Gasteiger partial charge in [-0.25, -0.2) is 4.98 Å². The lowest BCUT2D eigenvalue weighted by atomic mass is 9.87. The number of aromatic nitrogens is 1. The molecule has 1 aliphatic rings. The van der Waals surface area contributed by atoms with E-state index < -0.39 is 8.07 Å². The van der Waals surface area contributed by atoms with Gasteiger partial charge in [0.1, 0.15) is 0 Å². The molecule has 1 unspecified atom stereocenters. The minimum Gasteiger partial charge on any atom is -0.449 e. The van der Waals surface area contributed by atoms with Gasteiger partial charge in [-0.1, -0.05) is 133 Å². The summed E-state index contributed by atoms with van der Waals surface area (Å²) in [6.07, 6.45) is 0. The van der Waals surface area contributed by atoms with Crippen molar-refractivity contribution in [3.05, 3.63) is 170 Å². The van der Waals surface area contributed by atoms with Crippen LogP contribution in [0.3, 0.4) is 0 Å². The van der Waals surface area contributed by atoms with Gasteiger partial charge in [0.25, 0.3) is 0 Å². The summed E-state index contributed by atoms with van der Waals surface area (Å²) in [6, 6.07) is 61.2. The van der Waals surface area contributed by atoms with Gasteiger partial charge in [0.05, 0.1) is 24.9 Å². The van der Waals surface area contributed by atoms with Crippen LogP contribution in [0.25, 0.3) is 44.6 Å². The van der Waals surface area contributed by atoms with Crippen molar-refractivity contribution in [2.45, 2.75) is 0 Å². The van der Waals surface area contributed by atoms with Crippen LogP contribution < -0.4 is 20.9 Å². The number of hydrogen-bond acceptors (Lipinski definition) is 3. The first-order valence-corrected chi connectivity index (χ1v) is 16.6. The lowest BCUT2D eigenvalue weighted by molar-refractivity contribution is 0.615. The summed E-state index contributed by atoms with van der Waals surface area (Å²) >= 11 is 0. The number of rotatable bonds is 6. The van der Waals surface area contributed by atoms with Crippen LogP contribution in [0.5, 0.6) is 0 Å². The Kier molecular flexibility index (Phi) is 7.41. The average Bonchev–Trinajstić information content (AvgIpc) is 3.15. The summed E-state index contributed by atoms with van der Waals surface area (Å²) in [5.41, 5.74) is 12.7. The van der Waals surface area contributed by atoms with E-state index in [1.807, 2.05) is 24.3 Å². The van der Waals surface area contributed by atoms with Gasteiger partial charge in [-0.3, -0.25) is 0 Å². The van der Waals surface area contributed by atoms with Gasteiger partial charge in [-0.15, -0.1) is 0 Å². The van der Waals surface area contributed by atoms with Crippen molar-refractivity contribution in [1.29, 1.82) is 0 Å². The molecule has 6 aromatic carbocycles. The molecule has 0 aliphatic carbocycles. The molecule has 1 aliphatic heterocycles. The first-order chi connectivity index (χ1) is 22.8. The van der Waals surface area contributed by atoms with E-state index in [1.54, 1.807) is 0 Å². The topological polar surface area (TPSA) is 36.4 Å². The standard InChI is InChI=1S/C41H28BN2OP/c45-42-32-25-26-35-34-23-13-14-24-38(34)44(33-21-11-4-12-22-33)46(39(35)27-32)41-40(31-19-9-3-10-20-31)36(29-15-5-1-6-16-29)28-37(43-41)30-17-7-2-8-18-30/h1-2,4-9,11-28,42,45H. The van der Waals surface area contributed by atoms with Gasteiger partial charge in [0.15, 0.2) is 0 Å². The summed E-state index contributed by atoms with van der Waals surface area (Å²) in [5, 5.41) is 11.5. The fourth-order valence-corrected chi connectivity index (χ4v) is 9.05. The molecule has 0 saturated carbocycles. The minimum absolute atomic E-state index is 0.0352. The molecule has 1 N–H and O–H groups in total. The van der Waals surface area contributed by atoms with E-state index in [1.165, 1.54) is 0 Å². The molecular weight excluding hydrogens is 578 g/mol. The first kappa shape index (κ1) is 28.0. The molecule has 0 radical (unpaired) electrons. The van der Waals surface area contributed by atoms with Gasteiger partial charge >= 0.3 is 7.48 Å². The SMILES string of the molecule is OBc1ccc2c(c1)P(c1nc(-c3ccccc3)cc(-c3ccccc3)c1-c1cc#ccc1)N(c1ccccc1)c1ccccc1-2. The Morgan fingerprint density at radius 3 is 2.02 bits per heavy atom. The van der Waals surface area contributed by atoms with Crippen LogP contribution in [0.4, 0.5) is 11.4 Å². The summed E-state index contributed by atoms with van der Waals surface area (Å²) in [7, 11) is -1.34. The summed E-state index contributed by atoms with van der Waals surface area (Å²) in [4.78, 5) is 5.63. The third-order valence-electron chi connectivity index (χ3n) is 8.40. The van der Waals surface area contributed by atoms with E-state index in [-0.39, 0.29) is 7.48 Å². The van der Waals surface area contributed by atoms with Crippen molar-refractivity contribution >= 4 is 43.1 Å². The lowest BCUT2D eigenvalue weighted by Gasteiger charge is -2.41. The van der Waals surface area contributed by atoms with E-state index >= 15 is 0 Å². The molecule has 0 saturated heterocycles. The molecule has 3 nitrogen and oxygen atoms in total. The van der Waals surface area contributed by atoms with Crippen LogP contribution in [0, 0.1) is 12.1 Å². The van der Waals surface area contributed by atoms with Crippen LogP contribution in [-0.2, 0) is 0 Å². The second-order valence-electron chi connectivity index (χ2n) is 11.2. The molecular formula is C41H28BN2OP. The molecule has 1 aromatic heterocycles. The Labute approximate surface area is 271 Å². The van der Waals surface area contributed by atoms with Gasteiger partial charge in [0, 0.05) is 27.7 Å². The summed E-state index contributed by atoms with van der Waals surface area (Å²) in [6.45, 7) is 0. The summed E-state index contributed by atoms with van der Waals surface area (Å²) in [5.74, 6) is 0. The predicted octanol–water partition coefficient (Wildman–Crippen LogP) is 7.82. The number of fused-ring (bicyclic) bond motifs is 3. The maximum atomic E-state index is 10.4. The van der Waals surface area contributed by atoms with Crippen molar-refractivity contribution in [1.82, 2.24) is 4.98 Å². The van der Waals surface area contributed by atoms with Gasteiger partial charge in [0.2, 0.25) is 0 Å². The zero-order valence-corrected chi connectivity index (χ0v) is 25.9. The van der Waals surface area contributed by atoms with E-state index in [0.29, 0.717) is 0 Å². The molecule has 2 heterocycles. The van der Waals surface area contributed by atoms with E-state index in [4.69, 9.17) is 4.98 Å². The van der Waals surface area contributed by atoms with Crippen LogP contribution >= 0.6 is 8.07 Å².